The third kappa shape index (κ3) is 4.96. The summed E-state index contributed by atoms with van der Waals surface area (Å²) in [4.78, 5) is 2.33. The van der Waals surface area contributed by atoms with Gasteiger partial charge in [0.15, 0.2) is 0 Å². The van der Waals surface area contributed by atoms with Crippen molar-refractivity contribution in [2.24, 2.45) is 0 Å². The topological polar surface area (TPSA) is 43.7 Å². The fourth-order valence-electron chi connectivity index (χ4n) is 3.24. The molecule has 2 rings (SSSR count). The molecule has 118 valence electrons. The van der Waals surface area contributed by atoms with Crippen LogP contribution in [0.4, 0.5) is 0 Å². The normalized spacial score (nSPS) is 18.1. The predicted octanol–water partition coefficient (Wildman–Crippen LogP) is 3.39. The molecule has 1 fully saturated rings. The van der Waals surface area contributed by atoms with Gasteiger partial charge in [0, 0.05) is 24.2 Å². The second-order valence-corrected chi connectivity index (χ2v) is 6.28. The van der Waals surface area contributed by atoms with Crippen molar-refractivity contribution < 1.29 is 10.2 Å². The van der Waals surface area contributed by atoms with Crippen LogP contribution in [0.2, 0.25) is 5.02 Å². The Hall–Kier alpha value is -0.610. The molecule has 1 aliphatic carbocycles. The second-order valence-electron chi connectivity index (χ2n) is 5.88. The Kier molecular flexibility index (Phi) is 6.97. The van der Waals surface area contributed by atoms with Crippen molar-refractivity contribution in [2.75, 3.05) is 19.7 Å². The van der Waals surface area contributed by atoms with Crippen molar-refractivity contribution in [1.29, 1.82) is 0 Å². The zero-order chi connectivity index (χ0) is 15.1. The lowest BCUT2D eigenvalue weighted by Crippen LogP contribution is -2.39. The first-order valence-corrected chi connectivity index (χ1v) is 8.37. The monoisotopic (exact) mass is 311 g/mol. The highest BCUT2D eigenvalue weighted by molar-refractivity contribution is 6.31. The lowest BCUT2D eigenvalue weighted by molar-refractivity contribution is 0.0923. The van der Waals surface area contributed by atoms with E-state index in [4.69, 9.17) is 11.6 Å². The van der Waals surface area contributed by atoms with E-state index in [1.54, 1.807) is 0 Å². The number of halogens is 1. The summed E-state index contributed by atoms with van der Waals surface area (Å²) < 4.78 is 0. The van der Waals surface area contributed by atoms with Gasteiger partial charge in [0.25, 0.3) is 0 Å². The van der Waals surface area contributed by atoms with Gasteiger partial charge in [0.05, 0.1) is 12.7 Å². The van der Waals surface area contributed by atoms with E-state index in [0.717, 1.165) is 12.1 Å². The van der Waals surface area contributed by atoms with Gasteiger partial charge in [-0.25, -0.2) is 0 Å². The van der Waals surface area contributed by atoms with Gasteiger partial charge in [-0.15, -0.1) is 0 Å². The van der Waals surface area contributed by atoms with E-state index < -0.39 is 6.10 Å². The first kappa shape index (κ1) is 16.8. The largest absolute Gasteiger partial charge is 0.395 e. The molecule has 1 aliphatic rings. The number of nitrogens with zero attached hydrogens (tertiary/aromatic N) is 1. The van der Waals surface area contributed by atoms with Gasteiger partial charge in [-0.05, 0) is 30.9 Å². The zero-order valence-corrected chi connectivity index (χ0v) is 13.3. The van der Waals surface area contributed by atoms with Crippen molar-refractivity contribution in [3.8, 4) is 0 Å². The smallest absolute Gasteiger partial charge is 0.0816 e. The van der Waals surface area contributed by atoms with Crippen molar-refractivity contribution in [2.45, 2.75) is 50.7 Å². The molecule has 0 amide bonds. The highest BCUT2D eigenvalue weighted by Crippen LogP contribution is 2.27. The molecular formula is C17H26ClNO2. The van der Waals surface area contributed by atoms with Crippen molar-refractivity contribution >= 4 is 11.6 Å². The molecule has 0 saturated heterocycles. The highest BCUT2D eigenvalue weighted by Gasteiger charge is 2.21. The number of aliphatic hydroxyl groups is 2. The molecule has 0 bridgehead atoms. The van der Waals surface area contributed by atoms with E-state index in [9.17, 15) is 10.2 Å². The van der Waals surface area contributed by atoms with Crippen molar-refractivity contribution in [1.82, 2.24) is 4.90 Å². The van der Waals surface area contributed by atoms with E-state index in [-0.39, 0.29) is 6.61 Å². The standard InChI is InChI=1S/C17H26ClNO2/c18-16-9-5-4-8-15(16)17(21)10-11-19(12-13-20)14-6-2-1-3-7-14/h4-5,8-9,14,17,20-21H,1-3,6-7,10-13H2. The van der Waals surface area contributed by atoms with Gasteiger partial charge in [0.2, 0.25) is 0 Å². The summed E-state index contributed by atoms with van der Waals surface area (Å²) in [5, 5.41) is 20.2. The lowest BCUT2D eigenvalue weighted by Gasteiger charge is -2.34. The Morgan fingerprint density at radius 2 is 1.86 bits per heavy atom. The Labute approximate surface area is 132 Å². The maximum atomic E-state index is 10.3. The van der Waals surface area contributed by atoms with Crippen LogP contribution in [0.5, 0.6) is 0 Å². The first-order valence-electron chi connectivity index (χ1n) is 7.99. The van der Waals surface area contributed by atoms with Crippen LogP contribution in [0.1, 0.15) is 50.2 Å². The van der Waals surface area contributed by atoms with Crippen molar-refractivity contribution in [3.05, 3.63) is 34.9 Å². The first-order chi connectivity index (χ1) is 10.2. The minimum Gasteiger partial charge on any atom is -0.395 e. The molecule has 1 saturated carbocycles. The van der Waals surface area contributed by atoms with Crippen LogP contribution in [0.25, 0.3) is 0 Å². The van der Waals surface area contributed by atoms with E-state index in [2.05, 4.69) is 4.90 Å². The Bertz CT molecular complexity index is 421. The number of rotatable bonds is 7. The molecule has 0 spiro atoms. The fraction of sp³-hybridized carbons (Fsp3) is 0.647. The molecule has 0 heterocycles. The SMILES string of the molecule is OCCN(CCC(O)c1ccccc1Cl)C1CCCCC1. The Morgan fingerprint density at radius 3 is 2.52 bits per heavy atom. The Morgan fingerprint density at radius 1 is 1.14 bits per heavy atom. The molecule has 1 aromatic rings. The summed E-state index contributed by atoms with van der Waals surface area (Å²) in [6.45, 7) is 1.68. The fourth-order valence-corrected chi connectivity index (χ4v) is 3.50. The zero-order valence-electron chi connectivity index (χ0n) is 12.5. The van der Waals surface area contributed by atoms with Crippen LogP contribution in [-0.4, -0.2) is 40.9 Å². The number of hydrogen-bond acceptors (Lipinski definition) is 3. The number of benzene rings is 1. The second kappa shape index (κ2) is 8.74. The van der Waals surface area contributed by atoms with Crippen LogP contribution in [-0.2, 0) is 0 Å². The summed E-state index contributed by atoms with van der Waals surface area (Å²) in [6.07, 6.45) is 6.42. The summed E-state index contributed by atoms with van der Waals surface area (Å²) in [7, 11) is 0. The predicted molar refractivity (Wildman–Crippen MR) is 86.6 cm³/mol. The minimum absolute atomic E-state index is 0.179. The van der Waals surface area contributed by atoms with E-state index in [1.165, 1.54) is 32.1 Å². The lowest BCUT2D eigenvalue weighted by atomic mass is 9.93. The summed E-state index contributed by atoms with van der Waals surface area (Å²) in [6, 6.07) is 8.02. The molecule has 1 atom stereocenters. The molecule has 2 N–H and O–H groups in total. The van der Waals surface area contributed by atoms with Crippen molar-refractivity contribution in [3.63, 3.8) is 0 Å². The van der Waals surface area contributed by atoms with Crippen LogP contribution in [0.3, 0.4) is 0 Å². The van der Waals surface area contributed by atoms with Crippen LogP contribution in [0, 0.1) is 0 Å². The third-order valence-corrected chi connectivity index (χ3v) is 4.78. The maximum Gasteiger partial charge on any atom is 0.0816 e. The molecular weight excluding hydrogens is 286 g/mol. The molecule has 0 aliphatic heterocycles. The Balaban J connectivity index is 1.90. The third-order valence-electron chi connectivity index (χ3n) is 4.43. The number of hydrogen-bond donors (Lipinski definition) is 2. The summed E-state index contributed by atoms with van der Waals surface area (Å²) in [5.41, 5.74) is 0.798. The summed E-state index contributed by atoms with van der Waals surface area (Å²) in [5.74, 6) is 0. The van der Waals surface area contributed by atoms with Gasteiger partial charge in [-0.3, -0.25) is 4.90 Å². The molecule has 1 unspecified atom stereocenters. The molecule has 4 heteroatoms. The average molecular weight is 312 g/mol. The molecule has 0 aromatic heterocycles. The van der Waals surface area contributed by atoms with Gasteiger partial charge >= 0.3 is 0 Å². The van der Waals surface area contributed by atoms with Crippen LogP contribution < -0.4 is 0 Å². The molecule has 21 heavy (non-hydrogen) atoms. The van der Waals surface area contributed by atoms with Gasteiger partial charge in [-0.1, -0.05) is 49.1 Å². The van der Waals surface area contributed by atoms with Gasteiger partial charge < -0.3 is 10.2 Å². The average Bonchev–Trinajstić information content (AvgIpc) is 2.52. The van der Waals surface area contributed by atoms with E-state index in [1.807, 2.05) is 24.3 Å². The molecule has 1 aromatic carbocycles. The quantitative estimate of drug-likeness (QED) is 0.811. The molecule has 0 radical (unpaired) electrons. The van der Waals surface area contributed by atoms with Gasteiger partial charge in [-0.2, -0.15) is 0 Å². The van der Waals surface area contributed by atoms with Crippen LogP contribution in [0.15, 0.2) is 24.3 Å². The highest BCUT2D eigenvalue weighted by atomic mass is 35.5. The van der Waals surface area contributed by atoms with E-state index in [0.29, 0.717) is 24.0 Å². The van der Waals surface area contributed by atoms with Crippen LogP contribution >= 0.6 is 11.6 Å². The minimum atomic E-state index is -0.538. The number of aliphatic hydroxyl groups excluding tert-OH is 2. The van der Waals surface area contributed by atoms with Gasteiger partial charge in [0.1, 0.15) is 0 Å². The molecule has 3 nitrogen and oxygen atoms in total. The van der Waals surface area contributed by atoms with E-state index >= 15 is 0 Å². The maximum absolute atomic E-state index is 10.3. The summed E-state index contributed by atoms with van der Waals surface area (Å²) >= 11 is 6.13.